The van der Waals surface area contributed by atoms with Crippen LogP contribution in [0.1, 0.15) is 27.7 Å². The lowest BCUT2D eigenvalue weighted by atomic mass is 10.0. The summed E-state index contributed by atoms with van der Waals surface area (Å²) in [5.74, 6) is 0.387. The van der Waals surface area contributed by atoms with Gasteiger partial charge in [-0.3, -0.25) is 4.99 Å². The smallest absolute Gasteiger partial charge is 0.0578 e. The van der Waals surface area contributed by atoms with Crippen molar-refractivity contribution in [3.8, 4) is 0 Å². The molecule has 58 valence electrons. The lowest BCUT2D eigenvalue weighted by Gasteiger charge is -2.06. The Labute approximate surface area is 62.9 Å². The number of nitrogens with one attached hydrogen (secondary N) is 1. The molecule has 0 radical (unpaired) electrons. The SMILES string of the molecule is CCN=C(C(C)=N)C(C)C. The Hall–Kier alpha value is -0.660. The maximum Gasteiger partial charge on any atom is 0.0578 e. The van der Waals surface area contributed by atoms with E-state index >= 15 is 0 Å². The van der Waals surface area contributed by atoms with E-state index in [1.54, 1.807) is 6.92 Å². The van der Waals surface area contributed by atoms with Crippen molar-refractivity contribution in [3.63, 3.8) is 0 Å². The summed E-state index contributed by atoms with van der Waals surface area (Å²) >= 11 is 0. The molecule has 0 saturated heterocycles. The van der Waals surface area contributed by atoms with Crippen LogP contribution in [0.25, 0.3) is 0 Å². The van der Waals surface area contributed by atoms with Gasteiger partial charge in [-0.1, -0.05) is 13.8 Å². The summed E-state index contributed by atoms with van der Waals surface area (Å²) in [5.41, 5.74) is 1.53. The molecule has 0 heterocycles. The first-order chi connectivity index (χ1) is 4.59. The van der Waals surface area contributed by atoms with E-state index in [4.69, 9.17) is 5.41 Å². The van der Waals surface area contributed by atoms with Crippen molar-refractivity contribution in [3.05, 3.63) is 0 Å². The fourth-order valence-corrected chi connectivity index (χ4v) is 0.905. The van der Waals surface area contributed by atoms with E-state index < -0.39 is 0 Å². The zero-order chi connectivity index (χ0) is 8.15. The molecule has 0 aliphatic carbocycles. The fourth-order valence-electron chi connectivity index (χ4n) is 0.905. The van der Waals surface area contributed by atoms with Gasteiger partial charge in [0.2, 0.25) is 0 Å². The van der Waals surface area contributed by atoms with Gasteiger partial charge in [0.1, 0.15) is 0 Å². The van der Waals surface area contributed by atoms with E-state index in [2.05, 4.69) is 18.8 Å². The summed E-state index contributed by atoms with van der Waals surface area (Å²) in [6.45, 7) is 8.68. The molecule has 0 amide bonds. The largest absolute Gasteiger partial charge is 0.304 e. The topological polar surface area (TPSA) is 36.2 Å². The Morgan fingerprint density at radius 3 is 2.10 bits per heavy atom. The van der Waals surface area contributed by atoms with Crippen molar-refractivity contribution >= 4 is 11.4 Å². The normalized spacial score (nSPS) is 12.3. The van der Waals surface area contributed by atoms with E-state index in [-0.39, 0.29) is 0 Å². The van der Waals surface area contributed by atoms with Gasteiger partial charge in [0.25, 0.3) is 0 Å². The van der Waals surface area contributed by atoms with E-state index in [9.17, 15) is 0 Å². The van der Waals surface area contributed by atoms with Crippen molar-refractivity contribution in [2.45, 2.75) is 27.7 Å². The molecule has 0 bridgehead atoms. The van der Waals surface area contributed by atoms with Crippen LogP contribution in [-0.4, -0.2) is 18.0 Å². The minimum atomic E-state index is 0.387. The molecule has 0 fully saturated rings. The maximum atomic E-state index is 7.35. The third-order valence-corrected chi connectivity index (χ3v) is 1.26. The van der Waals surface area contributed by atoms with Crippen molar-refractivity contribution < 1.29 is 0 Å². The number of rotatable bonds is 3. The Balaban J connectivity index is 4.27. The second-order valence-corrected chi connectivity index (χ2v) is 2.64. The van der Waals surface area contributed by atoms with Gasteiger partial charge in [-0.05, 0) is 19.8 Å². The highest BCUT2D eigenvalue weighted by molar-refractivity contribution is 6.40. The molecule has 0 saturated carbocycles. The van der Waals surface area contributed by atoms with Crippen LogP contribution in [0.2, 0.25) is 0 Å². The molecule has 0 aromatic heterocycles. The molecule has 0 aromatic carbocycles. The first-order valence-electron chi connectivity index (χ1n) is 3.69. The number of nitrogens with zero attached hydrogens (tertiary/aromatic N) is 1. The van der Waals surface area contributed by atoms with Gasteiger partial charge in [0, 0.05) is 12.3 Å². The van der Waals surface area contributed by atoms with Crippen molar-refractivity contribution in [1.82, 2.24) is 0 Å². The monoisotopic (exact) mass is 140 g/mol. The summed E-state index contributed by atoms with van der Waals surface area (Å²) in [7, 11) is 0. The van der Waals surface area contributed by atoms with Crippen LogP contribution in [0.3, 0.4) is 0 Å². The van der Waals surface area contributed by atoms with Crippen LogP contribution in [0, 0.1) is 11.3 Å². The first kappa shape index (κ1) is 9.34. The van der Waals surface area contributed by atoms with Crippen LogP contribution in [0.5, 0.6) is 0 Å². The molecule has 0 atom stereocenters. The van der Waals surface area contributed by atoms with Crippen LogP contribution < -0.4 is 0 Å². The van der Waals surface area contributed by atoms with Crippen molar-refractivity contribution in [2.24, 2.45) is 10.9 Å². The molecule has 0 rings (SSSR count). The lowest BCUT2D eigenvalue weighted by Crippen LogP contribution is -2.16. The summed E-state index contributed by atoms with van der Waals surface area (Å²) in [6, 6.07) is 0. The summed E-state index contributed by atoms with van der Waals surface area (Å²) in [5, 5.41) is 7.35. The second-order valence-electron chi connectivity index (χ2n) is 2.64. The van der Waals surface area contributed by atoms with Gasteiger partial charge in [-0.2, -0.15) is 0 Å². The molecular weight excluding hydrogens is 124 g/mol. The average molecular weight is 140 g/mol. The summed E-state index contributed by atoms with van der Waals surface area (Å²) < 4.78 is 0. The van der Waals surface area contributed by atoms with Gasteiger partial charge in [-0.15, -0.1) is 0 Å². The Kier molecular flexibility index (Phi) is 3.93. The molecule has 0 aliphatic rings. The second kappa shape index (κ2) is 4.20. The maximum absolute atomic E-state index is 7.35. The standard InChI is InChI=1S/C8H16N2/c1-5-10-8(6(2)3)7(4)9/h6,9H,5H2,1-4H3. The van der Waals surface area contributed by atoms with E-state index in [1.165, 1.54) is 0 Å². The van der Waals surface area contributed by atoms with Gasteiger partial charge in [0.05, 0.1) is 5.71 Å². The Morgan fingerprint density at radius 1 is 1.50 bits per heavy atom. The first-order valence-corrected chi connectivity index (χ1v) is 3.69. The van der Waals surface area contributed by atoms with Crippen molar-refractivity contribution in [2.75, 3.05) is 6.54 Å². The molecule has 0 aliphatic heterocycles. The molecule has 0 aromatic rings. The quantitative estimate of drug-likeness (QED) is 0.583. The van der Waals surface area contributed by atoms with E-state index in [1.807, 2.05) is 6.92 Å². The van der Waals surface area contributed by atoms with Gasteiger partial charge in [0.15, 0.2) is 0 Å². The highest BCUT2D eigenvalue weighted by Gasteiger charge is 2.05. The van der Waals surface area contributed by atoms with Crippen molar-refractivity contribution in [1.29, 1.82) is 5.41 Å². The van der Waals surface area contributed by atoms with Crippen LogP contribution in [0.4, 0.5) is 0 Å². The van der Waals surface area contributed by atoms with E-state index in [0.29, 0.717) is 11.6 Å². The molecule has 2 heteroatoms. The molecule has 0 spiro atoms. The van der Waals surface area contributed by atoms with Crippen LogP contribution >= 0.6 is 0 Å². The van der Waals surface area contributed by atoms with Gasteiger partial charge < -0.3 is 5.41 Å². The summed E-state index contributed by atoms with van der Waals surface area (Å²) in [6.07, 6.45) is 0. The molecular formula is C8H16N2. The zero-order valence-corrected chi connectivity index (χ0v) is 7.23. The van der Waals surface area contributed by atoms with E-state index in [0.717, 1.165) is 12.3 Å². The van der Waals surface area contributed by atoms with Gasteiger partial charge >= 0.3 is 0 Å². The molecule has 2 nitrogen and oxygen atoms in total. The van der Waals surface area contributed by atoms with Crippen LogP contribution in [0.15, 0.2) is 4.99 Å². The zero-order valence-electron chi connectivity index (χ0n) is 7.23. The Bertz CT molecular complexity index is 145. The predicted octanol–water partition coefficient (Wildman–Crippen LogP) is 2.14. The number of aliphatic imine (C=N–C) groups is 1. The van der Waals surface area contributed by atoms with Gasteiger partial charge in [-0.25, -0.2) is 0 Å². The highest BCUT2D eigenvalue weighted by atomic mass is 14.7. The highest BCUT2D eigenvalue weighted by Crippen LogP contribution is 1.98. The number of hydrogen-bond acceptors (Lipinski definition) is 2. The minimum absolute atomic E-state index is 0.387. The average Bonchev–Trinajstić information content (AvgIpc) is 1.81. The molecule has 10 heavy (non-hydrogen) atoms. The van der Waals surface area contributed by atoms with Crippen LogP contribution in [-0.2, 0) is 0 Å². The molecule has 1 N–H and O–H groups in total. The minimum Gasteiger partial charge on any atom is -0.304 e. The number of hydrogen-bond donors (Lipinski definition) is 1. The fraction of sp³-hybridized carbons (Fsp3) is 0.750. The Morgan fingerprint density at radius 2 is 2.00 bits per heavy atom. The summed E-state index contributed by atoms with van der Waals surface area (Å²) in [4.78, 5) is 4.22. The molecule has 0 unspecified atom stereocenters. The third-order valence-electron chi connectivity index (χ3n) is 1.26. The predicted molar refractivity (Wildman–Crippen MR) is 46.2 cm³/mol. The lowest BCUT2D eigenvalue weighted by molar-refractivity contribution is 0.881. The third kappa shape index (κ3) is 2.76.